The van der Waals surface area contributed by atoms with E-state index in [1.807, 2.05) is 24.5 Å². The van der Waals surface area contributed by atoms with Crippen LogP contribution in [0.3, 0.4) is 0 Å². The Morgan fingerprint density at radius 3 is 2.39 bits per heavy atom. The molecule has 0 atom stereocenters. The van der Waals surface area contributed by atoms with Crippen LogP contribution in [0.15, 0.2) is 96.6 Å². The molecule has 1 aliphatic heterocycles. The highest BCUT2D eigenvalue weighted by Gasteiger charge is 2.23. The highest BCUT2D eigenvalue weighted by Crippen LogP contribution is 2.34. The molecule has 1 saturated heterocycles. The molecule has 0 spiro atoms. The molecule has 6 nitrogen and oxygen atoms in total. The molecule has 1 fully saturated rings. The normalized spacial score (nSPS) is 14.8. The number of thiophene rings is 1. The van der Waals surface area contributed by atoms with Crippen LogP contribution in [0.4, 0.5) is 5.82 Å². The van der Waals surface area contributed by atoms with Crippen molar-refractivity contribution in [3.05, 3.63) is 102 Å². The summed E-state index contributed by atoms with van der Waals surface area (Å²) in [4.78, 5) is 17.5. The zero-order chi connectivity index (χ0) is 25.3. The third-order valence-corrected chi connectivity index (χ3v) is 8.29. The van der Waals surface area contributed by atoms with Gasteiger partial charge in [-0.2, -0.15) is 0 Å². The highest BCUT2D eigenvalue weighted by molar-refractivity contribution is 7.17. The van der Waals surface area contributed by atoms with E-state index in [0.717, 1.165) is 66.5 Å². The van der Waals surface area contributed by atoms with Crippen LogP contribution in [0, 0.1) is 0 Å². The molecule has 0 unspecified atom stereocenters. The van der Waals surface area contributed by atoms with Crippen LogP contribution in [0.1, 0.15) is 18.4 Å². The van der Waals surface area contributed by atoms with Crippen molar-refractivity contribution in [3.63, 3.8) is 0 Å². The van der Waals surface area contributed by atoms with E-state index < -0.39 is 0 Å². The summed E-state index contributed by atoms with van der Waals surface area (Å²) in [6.45, 7) is 3.12. The number of anilines is 1. The Hall–Kier alpha value is -4.07. The summed E-state index contributed by atoms with van der Waals surface area (Å²) in [5.41, 5.74) is 5.10. The molecule has 188 valence electrons. The standard InChI is InChI=1S/C31H28N6S/c1-3-9-22(10-4-1)19-36-17-15-23(16-18-36)33-30-28-31(37(21-32-28)24-11-5-2-6-12-24)35-29(34-30)26-20-38-27-14-8-7-13-25(26)27/h1-14,20-21,23H,15-19H2,(H,33,34,35). The lowest BCUT2D eigenvalue weighted by atomic mass is 10.0. The Morgan fingerprint density at radius 2 is 1.58 bits per heavy atom. The van der Waals surface area contributed by atoms with Crippen LogP contribution in [-0.2, 0) is 6.54 Å². The number of aromatic nitrogens is 4. The second kappa shape index (κ2) is 10.0. The highest BCUT2D eigenvalue weighted by atomic mass is 32.1. The summed E-state index contributed by atoms with van der Waals surface area (Å²) in [5, 5.41) is 7.12. The maximum atomic E-state index is 5.08. The molecule has 38 heavy (non-hydrogen) atoms. The van der Waals surface area contributed by atoms with E-state index in [1.54, 1.807) is 11.3 Å². The molecule has 0 bridgehead atoms. The molecule has 4 heterocycles. The Morgan fingerprint density at radius 1 is 0.842 bits per heavy atom. The van der Waals surface area contributed by atoms with Gasteiger partial charge in [0.15, 0.2) is 22.8 Å². The first-order valence-electron chi connectivity index (χ1n) is 13.1. The van der Waals surface area contributed by atoms with Gasteiger partial charge < -0.3 is 5.32 Å². The molecule has 3 aromatic carbocycles. The van der Waals surface area contributed by atoms with Crippen molar-refractivity contribution in [1.82, 2.24) is 24.4 Å². The fourth-order valence-corrected chi connectivity index (χ4v) is 6.26. The van der Waals surface area contributed by atoms with Gasteiger partial charge in [0.25, 0.3) is 0 Å². The van der Waals surface area contributed by atoms with Crippen molar-refractivity contribution in [2.45, 2.75) is 25.4 Å². The molecule has 1 N–H and O–H groups in total. The molecule has 1 aliphatic rings. The number of fused-ring (bicyclic) bond motifs is 2. The maximum absolute atomic E-state index is 5.08. The minimum atomic E-state index is 0.342. The van der Waals surface area contributed by atoms with Crippen molar-refractivity contribution < 1.29 is 0 Å². The van der Waals surface area contributed by atoms with E-state index in [9.17, 15) is 0 Å². The lowest BCUT2D eigenvalue weighted by molar-refractivity contribution is 0.211. The SMILES string of the molecule is c1ccc(CN2CCC(Nc3nc(-c4csc5ccccc45)nc4c3ncn4-c3ccccc3)CC2)cc1. The minimum absolute atomic E-state index is 0.342. The number of benzene rings is 3. The van der Waals surface area contributed by atoms with Gasteiger partial charge in [0.2, 0.25) is 0 Å². The predicted molar refractivity (Wildman–Crippen MR) is 156 cm³/mol. The van der Waals surface area contributed by atoms with E-state index in [4.69, 9.17) is 15.0 Å². The first-order chi connectivity index (χ1) is 18.8. The fraction of sp³-hybridized carbons (Fsp3) is 0.194. The smallest absolute Gasteiger partial charge is 0.170 e. The topological polar surface area (TPSA) is 58.9 Å². The summed E-state index contributed by atoms with van der Waals surface area (Å²) >= 11 is 1.73. The minimum Gasteiger partial charge on any atom is -0.365 e. The van der Waals surface area contributed by atoms with Gasteiger partial charge >= 0.3 is 0 Å². The number of hydrogen-bond donors (Lipinski definition) is 1. The summed E-state index contributed by atoms with van der Waals surface area (Å²) in [7, 11) is 0. The molecule has 6 aromatic rings. The number of piperidine rings is 1. The third kappa shape index (κ3) is 4.44. The molecule has 7 heteroatoms. The molecule has 0 amide bonds. The van der Waals surface area contributed by atoms with Crippen molar-refractivity contribution >= 4 is 38.4 Å². The quantitative estimate of drug-likeness (QED) is 0.265. The van der Waals surface area contributed by atoms with Gasteiger partial charge in [-0.15, -0.1) is 11.3 Å². The molecule has 3 aromatic heterocycles. The first kappa shape index (κ1) is 23.1. The van der Waals surface area contributed by atoms with Crippen LogP contribution in [0.25, 0.3) is 38.3 Å². The van der Waals surface area contributed by atoms with Gasteiger partial charge in [-0.25, -0.2) is 15.0 Å². The monoisotopic (exact) mass is 516 g/mol. The molecule has 0 aliphatic carbocycles. The van der Waals surface area contributed by atoms with Crippen LogP contribution >= 0.6 is 11.3 Å². The second-order valence-electron chi connectivity index (χ2n) is 9.84. The lowest BCUT2D eigenvalue weighted by Gasteiger charge is -2.32. The van der Waals surface area contributed by atoms with Crippen molar-refractivity contribution in [1.29, 1.82) is 0 Å². The Balaban J connectivity index is 1.22. The van der Waals surface area contributed by atoms with Gasteiger partial charge in [-0.1, -0.05) is 66.7 Å². The summed E-state index contributed by atoms with van der Waals surface area (Å²) in [6.07, 6.45) is 3.99. The molecule has 0 radical (unpaired) electrons. The average Bonchev–Trinajstić information content (AvgIpc) is 3.60. The van der Waals surface area contributed by atoms with Gasteiger partial charge in [-0.3, -0.25) is 9.47 Å². The molecular formula is C31H28N6S. The van der Waals surface area contributed by atoms with E-state index in [2.05, 4.69) is 86.9 Å². The summed E-state index contributed by atoms with van der Waals surface area (Å²) in [6, 6.07) is 29.8. The molecular weight excluding hydrogens is 488 g/mol. The van der Waals surface area contributed by atoms with E-state index >= 15 is 0 Å². The first-order valence-corrected chi connectivity index (χ1v) is 14.0. The number of para-hydroxylation sites is 1. The Bertz CT molecular complexity index is 1680. The largest absolute Gasteiger partial charge is 0.365 e. The van der Waals surface area contributed by atoms with Gasteiger partial charge in [0.1, 0.15) is 6.33 Å². The van der Waals surface area contributed by atoms with Crippen LogP contribution in [0.2, 0.25) is 0 Å². The third-order valence-electron chi connectivity index (χ3n) is 7.33. The zero-order valence-corrected chi connectivity index (χ0v) is 21.8. The Labute approximate surface area is 225 Å². The summed E-state index contributed by atoms with van der Waals surface area (Å²) < 4.78 is 3.30. The maximum Gasteiger partial charge on any atom is 0.170 e. The molecule has 0 saturated carbocycles. The average molecular weight is 517 g/mol. The Kier molecular flexibility index (Phi) is 6.08. The van der Waals surface area contributed by atoms with E-state index in [0.29, 0.717) is 6.04 Å². The lowest BCUT2D eigenvalue weighted by Crippen LogP contribution is -2.38. The van der Waals surface area contributed by atoms with Crippen molar-refractivity contribution in [2.24, 2.45) is 0 Å². The van der Waals surface area contributed by atoms with Crippen molar-refractivity contribution in [3.8, 4) is 17.1 Å². The van der Waals surface area contributed by atoms with Crippen LogP contribution < -0.4 is 5.32 Å². The van der Waals surface area contributed by atoms with Gasteiger partial charge in [0, 0.05) is 52.4 Å². The second-order valence-corrected chi connectivity index (χ2v) is 10.8. The van der Waals surface area contributed by atoms with E-state index in [1.165, 1.54) is 15.6 Å². The zero-order valence-electron chi connectivity index (χ0n) is 21.0. The van der Waals surface area contributed by atoms with Crippen LogP contribution in [0.5, 0.6) is 0 Å². The molecule has 7 rings (SSSR count). The van der Waals surface area contributed by atoms with Crippen molar-refractivity contribution in [2.75, 3.05) is 18.4 Å². The summed E-state index contributed by atoms with van der Waals surface area (Å²) in [5.74, 6) is 1.55. The van der Waals surface area contributed by atoms with Crippen LogP contribution in [-0.4, -0.2) is 43.6 Å². The number of imidazole rings is 1. The number of rotatable bonds is 6. The number of nitrogens with zero attached hydrogens (tertiary/aromatic N) is 5. The number of nitrogens with one attached hydrogen (secondary N) is 1. The van der Waals surface area contributed by atoms with Gasteiger partial charge in [0.05, 0.1) is 0 Å². The van der Waals surface area contributed by atoms with Gasteiger partial charge in [-0.05, 0) is 36.6 Å². The van der Waals surface area contributed by atoms with E-state index in [-0.39, 0.29) is 0 Å². The number of hydrogen-bond acceptors (Lipinski definition) is 6. The number of likely N-dealkylation sites (tertiary alicyclic amines) is 1. The fourth-order valence-electron chi connectivity index (χ4n) is 5.32. The predicted octanol–water partition coefficient (Wildman–Crippen LogP) is 6.77.